The maximum atomic E-state index is 12.1. The molecular formula is C20H24ClN3O. The maximum Gasteiger partial charge on any atom is 0.225 e. The lowest BCUT2D eigenvalue weighted by molar-refractivity contribution is -0.131. The zero-order valence-corrected chi connectivity index (χ0v) is 15.4. The summed E-state index contributed by atoms with van der Waals surface area (Å²) in [6, 6.07) is 10.00. The molecular weight excluding hydrogens is 334 g/mol. The minimum atomic E-state index is 0.320. The van der Waals surface area contributed by atoms with Gasteiger partial charge in [-0.2, -0.15) is 0 Å². The fourth-order valence-electron chi connectivity index (χ4n) is 3.73. The average Bonchev–Trinajstić information content (AvgIpc) is 3.46. The van der Waals surface area contributed by atoms with Gasteiger partial charge in [0.15, 0.2) is 0 Å². The van der Waals surface area contributed by atoms with Gasteiger partial charge in [-0.15, -0.1) is 0 Å². The minimum Gasteiger partial charge on any atom is -0.357 e. The third kappa shape index (κ3) is 3.74. The number of carbonyl (C=O) groups excluding carboxylic acids is 1. The normalized spacial score (nSPS) is 18.6. The average molecular weight is 358 g/mol. The number of anilines is 1. The molecule has 1 aromatic carbocycles. The number of hydrogen-bond donors (Lipinski definition) is 0. The quantitative estimate of drug-likeness (QED) is 0.830. The van der Waals surface area contributed by atoms with Gasteiger partial charge < -0.3 is 9.80 Å². The minimum absolute atomic E-state index is 0.320. The molecule has 2 aliphatic rings. The van der Waals surface area contributed by atoms with E-state index >= 15 is 0 Å². The van der Waals surface area contributed by atoms with E-state index < -0.39 is 0 Å². The third-order valence-corrected chi connectivity index (χ3v) is 5.65. The summed E-state index contributed by atoms with van der Waals surface area (Å²) in [6.45, 7) is 2.90. The van der Waals surface area contributed by atoms with Crippen LogP contribution in [0.25, 0.3) is 10.9 Å². The Morgan fingerprint density at radius 1 is 1.20 bits per heavy atom. The summed E-state index contributed by atoms with van der Waals surface area (Å²) in [5.74, 6) is 2.30. The van der Waals surface area contributed by atoms with Crippen LogP contribution in [0, 0.1) is 11.8 Å². The maximum absolute atomic E-state index is 12.1. The number of piperidine rings is 1. The van der Waals surface area contributed by atoms with E-state index in [1.54, 1.807) is 0 Å². The van der Waals surface area contributed by atoms with Gasteiger partial charge in [-0.25, -0.2) is 4.98 Å². The van der Waals surface area contributed by atoms with Crippen LogP contribution in [0.4, 0.5) is 5.82 Å². The van der Waals surface area contributed by atoms with E-state index in [9.17, 15) is 4.79 Å². The zero-order valence-electron chi connectivity index (χ0n) is 14.6. The highest BCUT2D eigenvalue weighted by molar-refractivity contribution is 6.31. The summed E-state index contributed by atoms with van der Waals surface area (Å²) in [4.78, 5) is 21.2. The molecule has 0 spiro atoms. The van der Waals surface area contributed by atoms with Crippen LogP contribution >= 0.6 is 11.6 Å². The summed E-state index contributed by atoms with van der Waals surface area (Å²) in [5, 5.41) is 1.82. The van der Waals surface area contributed by atoms with Gasteiger partial charge in [0.1, 0.15) is 5.82 Å². The van der Waals surface area contributed by atoms with Crippen molar-refractivity contribution in [1.82, 2.24) is 9.88 Å². The highest BCUT2D eigenvalue weighted by Crippen LogP contribution is 2.31. The van der Waals surface area contributed by atoms with Gasteiger partial charge in [-0.3, -0.25) is 4.79 Å². The van der Waals surface area contributed by atoms with Crippen molar-refractivity contribution in [1.29, 1.82) is 0 Å². The molecule has 1 aliphatic carbocycles. The third-order valence-electron chi connectivity index (χ3n) is 5.41. The Morgan fingerprint density at radius 3 is 2.68 bits per heavy atom. The van der Waals surface area contributed by atoms with E-state index in [0.29, 0.717) is 17.7 Å². The Balaban J connectivity index is 1.36. The standard InChI is InChI=1S/C20H24ClN3O/c1-23(20(25)15-2-3-15)13-14-8-10-24(11-9-14)19-7-4-16-12-17(21)5-6-18(16)22-19/h4-7,12,14-15H,2-3,8-11,13H2,1H3. The first kappa shape index (κ1) is 16.6. The van der Waals surface area contributed by atoms with E-state index in [0.717, 1.165) is 67.1 Å². The molecule has 25 heavy (non-hydrogen) atoms. The van der Waals surface area contributed by atoms with Crippen molar-refractivity contribution in [2.75, 3.05) is 31.6 Å². The summed E-state index contributed by atoms with van der Waals surface area (Å²) >= 11 is 6.04. The molecule has 132 valence electrons. The smallest absolute Gasteiger partial charge is 0.225 e. The highest BCUT2D eigenvalue weighted by atomic mass is 35.5. The van der Waals surface area contributed by atoms with Crippen molar-refractivity contribution in [2.24, 2.45) is 11.8 Å². The van der Waals surface area contributed by atoms with Crippen LogP contribution in [0.5, 0.6) is 0 Å². The number of halogens is 1. The van der Waals surface area contributed by atoms with Crippen LogP contribution in [0.3, 0.4) is 0 Å². The number of benzene rings is 1. The molecule has 0 radical (unpaired) electrons. The number of fused-ring (bicyclic) bond motifs is 1. The number of amides is 1. The molecule has 1 saturated carbocycles. The predicted molar refractivity (Wildman–Crippen MR) is 102 cm³/mol. The monoisotopic (exact) mass is 357 g/mol. The van der Waals surface area contributed by atoms with Crippen molar-refractivity contribution < 1.29 is 4.79 Å². The van der Waals surface area contributed by atoms with Crippen LogP contribution in [-0.4, -0.2) is 42.5 Å². The summed E-state index contributed by atoms with van der Waals surface area (Å²) in [5.41, 5.74) is 0.985. The molecule has 1 aromatic heterocycles. The number of nitrogens with zero attached hydrogens (tertiary/aromatic N) is 3. The van der Waals surface area contributed by atoms with Gasteiger partial charge in [0.05, 0.1) is 5.52 Å². The van der Waals surface area contributed by atoms with E-state index in [-0.39, 0.29) is 0 Å². The Bertz CT molecular complexity index is 782. The fraction of sp³-hybridized carbons (Fsp3) is 0.500. The van der Waals surface area contributed by atoms with E-state index in [2.05, 4.69) is 17.0 Å². The molecule has 5 heteroatoms. The van der Waals surface area contributed by atoms with Crippen molar-refractivity contribution in [3.05, 3.63) is 35.4 Å². The van der Waals surface area contributed by atoms with E-state index in [4.69, 9.17) is 16.6 Å². The summed E-state index contributed by atoms with van der Waals surface area (Å²) in [7, 11) is 1.96. The van der Waals surface area contributed by atoms with Gasteiger partial charge in [0, 0.05) is 43.0 Å². The molecule has 2 heterocycles. The van der Waals surface area contributed by atoms with Gasteiger partial charge in [-0.05, 0) is 61.9 Å². The van der Waals surface area contributed by atoms with Gasteiger partial charge >= 0.3 is 0 Å². The molecule has 0 unspecified atom stereocenters. The number of aromatic nitrogens is 1. The van der Waals surface area contributed by atoms with Crippen molar-refractivity contribution in [3.8, 4) is 0 Å². The van der Waals surface area contributed by atoms with Crippen molar-refractivity contribution in [2.45, 2.75) is 25.7 Å². The lowest BCUT2D eigenvalue weighted by atomic mass is 9.96. The molecule has 0 bridgehead atoms. The fourth-order valence-corrected chi connectivity index (χ4v) is 3.91. The largest absolute Gasteiger partial charge is 0.357 e. The second kappa shape index (κ2) is 6.83. The molecule has 4 rings (SSSR count). The zero-order chi connectivity index (χ0) is 17.4. The van der Waals surface area contributed by atoms with Crippen molar-refractivity contribution in [3.63, 3.8) is 0 Å². The topological polar surface area (TPSA) is 36.4 Å². The van der Waals surface area contributed by atoms with E-state index in [1.807, 2.05) is 30.1 Å². The van der Waals surface area contributed by atoms with Crippen LogP contribution in [0.1, 0.15) is 25.7 Å². The lowest BCUT2D eigenvalue weighted by Gasteiger charge is -2.34. The lowest BCUT2D eigenvalue weighted by Crippen LogP contribution is -2.40. The number of carbonyl (C=O) groups is 1. The number of pyridine rings is 1. The predicted octanol–water partition coefficient (Wildman–Crippen LogP) is 3.97. The summed E-state index contributed by atoms with van der Waals surface area (Å²) in [6.07, 6.45) is 4.40. The highest BCUT2D eigenvalue weighted by Gasteiger charge is 2.33. The first-order valence-electron chi connectivity index (χ1n) is 9.16. The summed E-state index contributed by atoms with van der Waals surface area (Å²) < 4.78 is 0. The van der Waals surface area contributed by atoms with Crippen LogP contribution in [0.15, 0.2) is 30.3 Å². The van der Waals surface area contributed by atoms with Crippen LogP contribution in [0.2, 0.25) is 5.02 Å². The van der Waals surface area contributed by atoms with Gasteiger partial charge in [0.25, 0.3) is 0 Å². The molecule has 0 atom stereocenters. The molecule has 4 nitrogen and oxygen atoms in total. The second-order valence-electron chi connectivity index (χ2n) is 7.43. The Morgan fingerprint density at radius 2 is 1.96 bits per heavy atom. The molecule has 1 saturated heterocycles. The second-order valence-corrected chi connectivity index (χ2v) is 7.87. The van der Waals surface area contributed by atoms with Gasteiger partial charge in [-0.1, -0.05) is 11.6 Å². The van der Waals surface area contributed by atoms with Gasteiger partial charge in [0.2, 0.25) is 5.91 Å². The first-order chi connectivity index (χ1) is 12.1. The first-order valence-corrected chi connectivity index (χ1v) is 9.54. The molecule has 0 N–H and O–H groups in total. The molecule has 2 aromatic rings. The number of rotatable bonds is 4. The SMILES string of the molecule is CN(CC1CCN(c2ccc3cc(Cl)ccc3n2)CC1)C(=O)C1CC1. The molecule has 2 fully saturated rings. The van der Waals surface area contributed by atoms with Crippen molar-refractivity contribution >= 4 is 34.2 Å². The van der Waals surface area contributed by atoms with E-state index in [1.165, 1.54) is 0 Å². The van der Waals surface area contributed by atoms with Crippen LogP contribution in [-0.2, 0) is 4.79 Å². The molecule has 1 aliphatic heterocycles. The Labute approximate surface area is 153 Å². The molecule has 1 amide bonds. The Kier molecular flexibility index (Phi) is 4.55. The number of hydrogen-bond acceptors (Lipinski definition) is 3. The van der Waals surface area contributed by atoms with Crippen LogP contribution < -0.4 is 4.90 Å². The Hall–Kier alpha value is -1.81.